The van der Waals surface area contributed by atoms with E-state index in [0.717, 1.165) is 23.7 Å². The predicted molar refractivity (Wildman–Crippen MR) is 53.5 cm³/mol. The van der Waals surface area contributed by atoms with Crippen molar-refractivity contribution in [3.63, 3.8) is 0 Å². The molecule has 0 aliphatic rings. The van der Waals surface area contributed by atoms with Gasteiger partial charge in [0.05, 0.1) is 5.56 Å². The molecule has 0 aromatic carbocycles. The topological polar surface area (TPSA) is 105 Å². The Morgan fingerprint density at radius 2 is 2.31 bits per heavy atom. The van der Waals surface area contributed by atoms with Crippen molar-refractivity contribution < 1.29 is 19.1 Å². The maximum atomic E-state index is 11.5. The van der Waals surface area contributed by atoms with Gasteiger partial charge in [-0.2, -0.15) is 0 Å². The lowest BCUT2D eigenvalue weighted by Gasteiger charge is -1.95. The number of carboxylic acids is 1. The first kappa shape index (κ1) is 10.3. The molecule has 2 aromatic heterocycles. The third-order valence-corrected chi connectivity index (χ3v) is 2.26. The van der Waals surface area contributed by atoms with Crippen molar-refractivity contribution in [1.29, 1.82) is 0 Å². The summed E-state index contributed by atoms with van der Waals surface area (Å²) in [6.45, 7) is 0. The van der Waals surface area contributed by atoms with Crippen LogP contribution >= 0.6 is 11.3 Å². The third-order valence-electron chi connectivity index (χ3n) is 1.65. The number of carbonyl (C=O) groups is 2. The Bertz CT molecular complexity index is 519. The molecule has 0 saturated heterocycles. The summed E-state index contributed by atoms with van der Waals surface area (Å²) in [4.78, 5) is 22.0. The Balaban J connectivity index is 2.12. The highest BCUT2D eigenvalue weighted by Crippen LogP contribution is 2.12. The van der Waals surface area contributed by atoms with Crippen molar-refractivity contribution in [2.24, 2.45) is 0 Å². The van der Waals surface area contributed by atoms with Gasteiger partial charge in [-0.1, -0.05) is 11.3 Å². The van der Waals surface area contributed by atoms with Crippen LogP contribution in [0.25, 0.3) is 0 Å². The number of anilines is 1. The number of nitrogens with one attached hydrogen (secondary N) is 1. The monoisotopic (exact) mass is 239 g/mol. The van der Waals surface area contributed by atoms with Gasteiger partial charge in [-0.3, -0.25) is 10.1 Å². The molecule has 82 valence electrons. The lowest BCUT2D eigenvalue weighted by atomic mass is 10.3. The summed E-state index contributed by atoms with van der Waals surface area (Å²) in [5.74, 6) is -1.81. The van der Waals surface area contributed by atoms with Crippen LogP contribution in [0, 0.1) is 0 Å². The number of hydrogen-bond donors (Lipinski definition) is 2. The van der Waals surface area contributed by atoms with E-state index >= 15 is 0 Å². The van der Waals surface area contributed by atoms with Crippen LogP contribution in [0.2, 0.25) is 0 Å². The fraction of sp³-hybridized carbons (Fsp3) is 0. The Morgan fingerprint density at radius 1 is 1.50 bits per heavy atom. The van der Waals surface area contributed by atoms with Crippen LogP contribution in [0.3, 0.4) is 0 Å². The van der Waals surface area contributed by atoms with E-state index in [2.05, 4.69) is 15.5 Å². The summed E-state index contributed by atoms with van der Waals surface area (Å²) < 4.78 is 4.80. The average Bonchev–Trinajstić information content (AvgIpc) is 2.86. The van der Waals surface area contributed by atoms with E-state index in [-0.39, 0.29) is 11.3 Å². The Labute approximate surface area is 92.7 Å². The number of aromatic nitrogens is 2. The Kier molecular flexibility index (Phi) is 2.64. The quantitative estimate of drug-likeness (QED) is 0.830. The van der Waals surface area contributed by atoms with Gasteiger partial charge < -0.3 is 9.52 Å². The fourth-order valence-electron chi connectivity index (χ4n) is 0.954. The number of rotatable bonds is 3. The number of hydrogen-bond acceptors (Lipinski definition) is 6. The lowest BCUT2D eigenvalue weighted by molar-refractivity contribution is 0.0696. The minimum absolute atomic E-state index is 0.0811. The molecule has 0 unspecified atom stereocenters. The smallest absolute Gasteiger partial charge is 0.338 e. The van der Waals surface area contributed by atoms with Gasteiger partial charge in [-0.15, -0.1) is 10.2 Å². The number of nitrogens with zero attached hydrogens (tertiary/aromatic N) is 2. The van der Waals surface area contributed by atoms with Gasteiger partial charge in [-0.25, -0.2) is 4.79 Å². The zero-order chi connectivity index (χ0) is 11.5. The van der Waals surface area contributed by atoms with E-state index in [1.807, 2.05) is 0 Å². The highest BCUT2D eigenvalue weighted by molar-refractivity contribution is 7.13. The molecule has 2 heterocycles. The molecule has 1 amide bonds. The molecule has 0 saturated carbocycles. The normalized spacial score (nSPS) is 10.0. The summed E-state index contributed by atoms with van der Waals surface area (Å²) in [6.07, 6.45) is 0.997. The summed E-state index contributed by atoms with van der Waals surface area (Å²) in [6, 6.07) is 1.14. The second-order valence-electron chi connectivity index (χ2n) is 2.70. The van der Waals surface area contributed by atoms with Crippen LogP contribution in [0.15, 0.2) is 22.3 Å². The molecule has 0 fully saturated rings. The van der Waals surface area contributed by atoms with Gasteiger partial charge >= 0.3 is 5.97 Å². The van der Waals surface area contributed by atoms with Crippen LogP contribution in [0.4, 0.5) is 5.13 Å². The largest absolute Gasteiger partial charge is 0.478 e. The number of amides is 1. The Hall–Kier alpha value is -2.22. The van der Waals surface area contributed by atoms with E-state index in [0.29, 0.717) is 5.13 Å². The van der Waals surface area contributed by atoms with E-state index in [9.17, 15) is 9.59 Å². The van der Waals surface area contributed by atoms with Crippen molar-refractivity contribution in [3.8, 4) is 0 Å². The maximum Gasteiger partial charge on any atom is 0.338 e. The summed E-state index contributed by atoms with van der Waals surface area (Å²) in [5.41, 5.74) is 1.38. The highest BCUT2D eigenvalue weighted by Gasteiger charge is 2.15. The first-order valence-corrected chi connectivity index (χ1v) is 4.94. The molecule has 7 nitrogen and oxygen atoms in total. The molecule has 0 bridgehead atoms. The van der Waals surface area contributed by atoms with Gasteiger partial charge in [-0.05, 0) is 0 Å². The number of furan rings is 1. The van der Waals surface area contributed by atoms with E-state index in [1.54, 1.807) is 0 Å². The first-order valence-electron chi connectivity index (χ1n) is 4.06. The Morgan fingerprint density at radius 3 is 2.88 bits per heavy atom. The summed E-state index contributed by atoms with van der Waals surface area (Å²) in [5, 5.41) is 18.5. The number of aromatic carboxylic acids is 1. The van der Waals surface area contributed by atoms with Crippen LogP contribution in [0.5, 0.6) is 0 Å². The van der Waals surface area contributed by atoms with Crippen LogP contribution in [-0.2, 0) is 0 Å². The van der Waals surface area contributed by atoms with Gasteiger partial charge in [0.2, 0.25) is 5.13 Å². The predicted octanol–water partition coefficient (Wildman–Crippen LogP) is 1.08. The summed E-state index contributed by atoms with van der Waals surface area (Å²) >= 11 is 1.15. The van der Waals surface area contributed by atoms with Crippen molar-refractivity contribution in [1.82, 2.24) is 10.2 Å². The molecule has 0 aliphatic carbocycles. The summed E-state index contributed by atoms with van der Waals surface area (Å²) in [7, 11) is 0. The van der Waals surface area contributed by atoms with Gasteiger partial charge in [0.1, 0.15) is 11.8 Å². The SMILES string of the molecule is O=C(O)c1coc(C(=O)Nc2nncs2)c1. The van der Waals surface area contributed by atoms with Crippen LogP contribution < -0.4 is 5.32 Å². The van der Waals surface area contributed by atoms with Crippen LogP contribution in [-0.4, -0.2) is 27.2 Å². The number of carbonyl (C=O) groups excluding carboxylic acids is 1. The first-order chi connectivity index (χ1) is 7.66. The van der Waals surface area contributed by atoms with Crippen LogP contribution in [0.1, 0.15) is 20.9 Å². The number of carboxylic acid groups (broad SMARTS) is 1. The minimum atomic E-state index is -1.15. The van der Waals surface area contributed by atoms with Crippen molar-refractivity contribution >= 4 is 28.3 Å². The van der Waals surface area contributed by atoms with Gasteiger partial charge in [0.25, 0.3) is 5.91 Å². The standard InChI is InChI=1S/C8H5N3O4S/c12-6(10-8-11-9-3-16-8)5-1-4(2-15-5)7(13)14/h1-3H,(H,13,14)(H,10,11,12). The second kappa shape index (κ2) is 4.11. The molecule has 2 N–H and O–H groups in total. The fourth-order valence-corrected chi connectivity index (χ4v) is 1.39. The van der Waals surface area contributed by atoms with E-state index in [1.165, 1.54) is 5.51 Å². The second-order valence-corrected chi connectivity index (χ2v) is 3.54. The molecule has 8 heteroatoms. The van der Waals surface area contributed by atoms with E-state index < -0.39 is 11.9 Å². The maximum absolute atomic E-state index is 11.5. The molecule has 16 heavy (non-hydrogen) atoms. The minimum Gasteiger partial charge on any atom is -0.478 e. The third kappa shape index (κ3) is 2.06. The van der Waals surface area contributed by atoms with Crippen molar-refractivity contribution in [3.05, 3.63) is 29.2 Å². The molecule has 2 aromatic rings. The molecular formula is C8H5N3O4S. The molecule has 2 rings (SSSR count). The average molecular weight is 239 g/mol. The molecule has 0 radical (unpaired) electrons. The molecule has 0 atom stereocenters. The van der Waals surface area contributed by atoms with Gasteiger partial charge in [0.15, 0.2) is 5.76 Å². The lowest BCUT2D eigenvalue weighted by Crippen LogP contribution is -2.10. The zero-order valence-electron chi connectivity index (χ0n) is 7.71. The zero-order valence-corrected chi connectivity index (χ0v) is 8.52. The molecular weight excluding hydrogens is 234 g/mol. The van der Waals surface area contributed by atoms with Crippen molar-refractivity contribution in [2.45, 2.75) is 0 Å². The van der Waals surface area contributed by atoms with Gasteiger partial charge in [0, 0.05) is 6.07 Å². The van der Waals surface area contributed by atoms with Crippen molar-refractivity contribution in [2.75, 3.05) is 5.32 Å². The molecule has 0 aliphatic heterocycles. The highest BCUT2D eigenvalue weighted by atomic mass is 32.1. The molecule has 0 spiro atoms. The van der Waals surface area contributed by atoms with E-state index in [4.69, 9.17) is 9.52 Å².